The molecular weight excluding hydrogens is 297 g/mol. The van der Waals surface area contributed by atoms with E-state index >= 15 is 0 Å². The number of rotatable bonds is 5. The number of alkyl halides is 3. The number of hydrogen-bond acceptors (Lipinski definition) is 3. The average molecular weight is 318 g/mol. The van der Waals surface area contributed by atoms with Crippen molar-refractivity contribution in [3.63, 3.8) is 0 Å². The van der Waals surface area contributed by atoms with Crippen molar-refractivity contribution >= 4 is 0 Å². The molecule has 124 valence electrons. The minimum atomic E-state index is -4.51. The Morgan fingerprint density at radius 2 is 2.00 bits per heavy atom. The van der Waals surface area contributed by atoms with Crippen LogP contribution in [0.1, 0.15) is 31.0 Å². The lowest BCUT2D eigenvalue weighted by molar-refractivity contribution is -0.138. The minimum Gasteiger partial charge on any atom is -0.379 e. The molecule has 0 spiro atoms. The van der Waals surface area contributed by atoms with Crippen LogP contribution in [0.25, 0.3) is 0 Å². The van der Waals surface area contributed by atoms with E-state index in [4.69, 9.17) is 4.74 Å². The molecule has 0 unspecified atom stereocenters. The van der Waals surface area contributed by atoms with E-state index in [1.165, 1.54) is 10.8 Å². The van der Waals surface area contributed by atoms with Gasteiger partial charge in [0.25, 0.3) is 5.56 Å². The summed E-state index contributed by atoms with van der Waals surface area (Å²) in [5, 5.41) is 0. The van der Waals surface area contributed by atoms with Gasteiger partial charge in [-0.3, -0.25) is 9.69 Å². The van der Waals surface area contributed by atoms with Crippen LogP contribution < -0.4 is 5.56 Å². The van der Waals surface area contributed by atoms with E-state index in [9.17, 15) is 18.0 Å². The third-order valence-electron chi connectivity index (χ3n) is 3.98. The van der Waals surface area contributed by atoms with Crippen LogP contribution in [0.2, 0.25) is 0 Å². The number of halogens is 3. The van der Waals surface area contributed by atoms with Gasteiger partial charge in [0, 0.05) is 45.0 Å². The van der Waals surface area contributed by atoms with Gasteiger partial charge in [-0.05, 0) is 25.8 Å². The van der Waals surface area contributed by atoms with Gasteiger partial charge in [-0.1, -0.05) is 0 Å². The van der Waals surface area contributed by atoms with Gasteiger partial charge >= 0.3 is 6.18 Å². The second-order valence-electron chi connectivity index (χ2n) is 5.92. The summed E-state index contributed by atoms with van der Waals surface area (Å²) >= 11 is 0. The van der Waals surface area contributed by atoms with E-state index in [1.807, 2.05) is 4.90 Å². The van der Waals surface area contributed by atoms with Crippen LogP contribution >= 0.6 is 0 Å². The fourth-order valence-electron chi connectivity index (χ4n) is 2.59. The van der Waals surface area contributed by atoms with E-state index in [1.54, 1.807) is 21.0 Å². The molecule has 1 aliphatic rings. The Hall–Kier alpha value is -1.34. The lowest BCUT2D eigenvalue weighted by atomic mass is 10.0. The largest absolute Gasteiger partial charge is 0.416 e. The molecular formula is C15H21F3N2O2. The van der Waals surface area contributed by atoms with Crippen molar-refractivity contribution in [3.8, 4) is 0 Å². The lowest BCUT2D eigenvalue weighted by Gasteiger charge is -2.38. The number of methoxy groups -OCH3 is 1. The molecule has 0 aliphatic carbocycles. The van der Waals surface area contributed by atoms with E-state index in [2.05, 4.69) is 0 Å². The van der Waals surface area contributed by atoms with Crippen molar-refractivity contribution in [1.82, 2.24) is 9.47 Å². The second-order valence-corrected chi connectivity index (χ2v) is 5.92. The Morgan fingerprint density at radius 1 is 1.36 bits per heavy atom. The molecule has 1 aromatic heterocycles. The van der Waals surface area contributed by atoms with Crippen LogP contribution in [0.5, 0.6) is 0 Å². The summed E-state index contributed by atoms with van der Waals surface area (Å²) in [6, 6.07) is 0.541. The molecule has 2 heterocycles. The van der Waals surface area contributed by atoms with Crippen LogP contribution in [0.15, 0.2) is 17.1 Å². The maximum Gasteiger partial charge on any atom is 0.416 e. The van der Waals surface area contributed by atoms with Gasteiger partial charge < -0.3 is 9.30 Å². The Morgan fingerprint density at radius 3 is 2.50 bits per heavy atom. The zero-order valence-corrected chi connectivity index (χ0v) is 13.0. The summed E-state index contributed by atoms with van der Waals surface area (Å²) in [6.07, 6.45) is -2.72. The van der Waals surface area contributed by atoms with Crippen molar-refractivity contribution in [3.05, 3.63) is 33.7 Å². The summed E-state index contributed by atoms with van der Waals surface area (Å²) in [5.74, 6) is 0. The van der Waals surface area contributed by atoms with Crippen LogP contribution in [0, 0.1) is 0 Å². The first-order chi connectivity index (χ1) is 10.2. The molecule has 2 rings (SSSR count). The van der Waals surface area contributed by atoms with E-state index in [0.717, 1.165) is 13.1 Å². The molecule has 0 atom stereocenters. The van der Waals surface area contributed by atoms with Crippen molar-refractivity contribution in [2.45, 2.75) is 38.6 Å². The Kier molecular flexibility index (Phi) is 4.97. The standard InChI is InChI=1S/C15H21F3N2O2/c1-10(2)20-7-11(4-5-19-8-12(9-19)22-3)13(6-14(20)21)15(16,17)18/h6-7,10,12H,4-5,8-9H2,1-3H3. The van der Waals surface area contributed by atoms with Gasteiger partial charge in [0.1, 0.15) is 0 Å². The number of nitrogens with zero attached hydrogens (tertiary/aromatic N) is 2. The van der Waals surface area contributed by atoms with Gasteiger partial charge in [0.2, 0.25) is 0 Å². The number of pyridine rings is 1. The van der Waals surface area contributed by atoms with E-state index in [-0.39, 0.29) is 24.1 Å². The number of likely N-dealkylation sites (tertiary alicyclic amines) is 1. The van der Waals surface area contributed by atoms with Crippen molar-refractivity contribution in [1.29, 1.82) is 0 Å². The quantitative estimate of drug-likeness (QED) is 0.836. The summed E-state index contributed by atoms with van der Waals surface area (Å²) < 4.78 is 45.8. The molecule has 22 heavy (non-hydrogen) atoms. The van der Waals surface area contributed by atoms with Gasteiger partial charge in [0.05, 0.1) is 11.7 Å². The molecule has 0 amide bonds. The SMILES string of the molecule is COC1CN(CCc2cn(C(C)C)c(=O)cc2C(F)(F)F)C1. The summed E-state index contributed by atoms with van der Waals surface area (Å²) in [7, 11) is 1.63. The highest BCUT2D eigenvalue weighted by atomic mass is 19.4. The van der Waals surface area contributed by atoms with Gasteiger partial charge in [0.15, 0.2) is 0 Å². The number of aromatic nitrogens is 1. The molecule has 0 saturated carbocycles. The van der Waals surface area contributed by atoms with Crippen LogP contribution in [0.4, 0.5) is 13.2 Å². The summed E-state index contributed by atoms with van der Waals surface area (Å²) in [4.78, 5) is 13.8. The second kappa shape index (κ2) is 6.42. The first-order valence-corrected chi connectivity index (χ1v) is 7.29. The van der Waals surface area contributed by atoms with Crippen LogP contribution in [0.3, 0.4) is 0 Å². The first kappa shape index (κ1) is 17.0. The zero-order chi connectivity index (χ0) is 16.5. The fraction of sp³-hybridized carbons (Fsp3) is 0.667. The third kappa shape index (κ3) is 3.70. The van der Waals surface area contributed by atoms with Gasteiger partial charge in [-0.15, -0.1) is 0 Å². The van der Waals surface area contributed by atoms with Crippen LogP contribution in [-0.2, 0) is 17.3 Å². The van der Waals surface area contributed by atoms with Gasteiger partial charge in [-0.2, -0.15) is 13.2 Å². The molecule has 1 aliphatic heterocycles. The first-order valence-electron chi connectivity index (χ1n) is 7.29. The molecule has 7 heteroatoms. The Labute approximate surface area is 127 Å². The molecule has 0 bridgehead atoms. The third-order valence-corrected chi connectivity index (χ3v) is 3.98. The molecule has 1 aromatic rings. The highest BCUT2D eigenvalue weighted by molar-refractivity contribution is 5.27. The predicted molar refractivity (Wildman–Crippen MR) is 77.0 cm³/mol. The minimum absolute atomic E-state index is 0.168. The molecule has 1 saturated heterocycles. The normalized spacial score (nSPS) is 17.0. The monoisotopic (exact) mass is 318 g/mol. The number of hydrogen-bond donors (Lipinski definition) is 0. The fourth-order valence-corrected chi connectivity index (χ4v) is 2.59. The molecule has 0 N–H and O–H groups in total. The maximum absolute atomic E-state index is 13.1. The molecule has 4 nitrogen and oxygen atoms in total. The van der Waals surface area contributed by atoms with Crippen LogP contribution in [-0.4, -0.2) is 42.3 Å². The summed E-state index contributed by atoms with van der Waals surface area (Å²) in [6.45, 7) is 5.55. The smallest absolute Gasteiger partial charge is 0.379 e. The lowest BCUT2D eigenvalue weighted by Crippen LogP contribution is -2.52. The zero-order valence-electron chi connectivity index (χ0n) is 13.0. The highest BCUT2D eigenvalue weighted by Gasteiger charge is 2.35. The molecule has 0 aromatic carbocycles. The Balaban J connectivity index is 2.20. The van der Waals surface area contributed by atoms with Crippen molar-refractivity contribution in [2.75, 3.05) is 26.7 Å². The average Bonchev–Trinajstić information content (AvgIpc) is 2.36. The van der Waals surface area contributed by atoms with Crippen molar-refractivity contribution in [2.24, 2.45) is 0 Å². The Bertz CT molecular complexity index is 575. The molecule has 1 fully saturated rings. The topological polar surface area (TPSA) is 34.5 Å². The maximum atomic E-state index is 13.1. The van der Waals surface area contributed by atoms with E-state index < -0.39 is 17.3 Å². The van der Waals surface area contributed by atoms with Crippen molar-refractivity contribution < 1.29 is 17.9 Å². The highest BCUT2D eigenvalue weighted by Crippen LogP contribution is 2.31. The summed E-state index contributed by atoms with van der Waals surface area (Å²) in [5.41, 5.74) is -1.27. The predicted octanol–water partition coefficient (Wildman–Crippen LogP) is 2.32. The number of ether oxygens (including phenoxy) is 1. The van der Waals surface area contributed by atoms with E-state index in [0.29, 0.717) is 12.6 Å². The molecule has 0 radical (unpaired) electrons. The van der Waals surface area contributed by atoms with Gasteiger partial charge in [-0.25, -0.2) is 0 Å².